The van der Waals surface area contributed by atoms with Gasteiger partial charge in [0.2, 0.25) is 0 Å². The molecule has 0 fully saturated rings. The number of hydrogen-bond acceptors (Lipinski definition) is 5. The number of rotatable bonds is 8. The number of hydrogen-bond donors (Lipinski definition) is 0. The number of carbonyl (C=O) groups excluding carboxylic acids is 2. The van der Waals surface area contributed by atoms with E-state index in [0.717, 1.165) is 6.08 Å². The predicted octanol–water partition coefficient (Wildman–Crippen LogP) is 4.40. The lowest BCUT2D eigenvalue weighted by molar-refractivity contribution is -0.457. The number of ether oxygens (including phenoxy) is 3. The Labute approximate surface area is 170 Å². The van der Waals surface area contributed by atoms with Crippen molar-refractivity contribution in [2.45, 2.75) is 50.5 Å². The molecular formula is C16H20F9NO5. The van der Waals surface area contributed by atoms with Gasteiger partial charge in [-0.1, -0.05) is 6.58 Å². The van der Waals surface area contributed by atoms with Gasteiger partial charge < -0.3 is 19.1 Å². The number of esters is 1. The van der Waals surface area contributed by atoms with E-state index in [-0.39, 0.29) is 0 Å². The van der Waals surface area contributed by atoms with Crippen molar-refractivity contribution in [3.8, 4) is 0 Å². The smallest absolute Gasteiger partial charge is 0.435 e. The zero-order valence-electron chi connectivity index (χ0n) is 16.5. The van der Waals surface area contributed by atoms with Gasteiger partial charge in [0.05, 0.1) is 13.2 Å². The van der Waals surface area contributed by atoms with Gasteiger partial charge in [-0.25, -0.2) is 9.59 Å². The first kappa shape index (κ1) is 28.8. The molecule has 0 atom stereocenters. The first-order valence-corrected chi connectivity index (χ1v) is 8.31. The van der Waals surface area contributed by atoms with Crippen molar-refractivity contribution in [2.24, 2.45) is 0 Å². The molecule has 0 spiro atoms. The molecule has 0 aliphatic carbocycles. The summed E-state index contributed by atoms with van der Waals surface area (Å²) < 4.78 is 129. The number of carbonyl (C=O) groups is 2. The molecule has 0 aromatic heterocycles. The monoisotopic (exact) mass is 477 g/mol. The summed E-state index contributed by atoms with van der Waals surface area (Å²) in [5.74, 6) is -0.967. The fourth-order valence-corrected chi connectivity index (χ4v) is 1.97. The maximum Gasteiger partial charge on any atom is 0.435 e. The molecule has 0 aromatic carbocycles. The molecule has 182 valence electrons. The van der Waals surface area contributed by atoms with E-state index in [0.29, 0.717) is 4.90 Å². The highest BCUT2D eigenvalue weighted by Gasteiger charge is 2.85. The highest BCUT2D eigenvalue weighted by molar-refractivity contribution is 5.81. The summed E-state index contributed by atoms with van der Waals surface area (Å²) in [5.41, 5.74) is -7.64. The molecule has 1 amide bonds. The number of halogens is 9. The second-order valence-electron chi connectivity index (χ2n) is 6.86. The second-order valence-corrected chi connectivity index (χ2v) is 6.86. The lowest BCUT2D eigenvalue weighted by atomic mass is 10.0. The maximum absolute atomic E-state index is 12.9. The Bertz CT molecular complexity index is 599. The van der Waals surface area contributed by atoms with Crippen LogP contribution in [-0.2, 0) is 19.0 Å². The van der Waals surface area contributed by atoms with Crippen molar-refractivity contribution in [3.05, 3.63) is 12.7 Å². The average Bonchev–Trinajstić information content (AvgIpc) is 2.51. The van der Waals surface area contributed by atoms with E-state index in [4.69, 9.17) is 4.74 Å². The van der Waals surface area contributed by atoms with Gasteiger partial charge in [0, 0.05) is 12.6 Å². The Morgan fingerprint density at radius 2 is 1.26 bits per heavy atom. The van der Waals surface area contributed by atoms with Gasteiger partial charge in [-0.15, -0.1) is 0 Å². The average molecular weight is 477 g/mol. The van der Waals surface area contributed by atoms with Gasteiger partial charge in [0.25, 0.3) is 0 Å². The van der Waals surface area contributed by atoms with E-state index < -0.39 is 68.1 Å². The third-order valence-corrected chi connectivity index (χ3v) is 3.30. The summed E-state index contributed by atoms with van der Waals surface area (Å²) in [6, 6.07) is 0. The van der Waals surface area contributed by atoms with Crippen molar-refractivity contribution in [2.75, 3.05) is 26.3 Å². The van der Waals surface area contributed by atoms with Crippen LogP contribution in [0, 0.1) is 0 Å². The van der Waals surface area contributed by atoms with Gasteiger partial charge in [-0.05, 0) is 20.8 Å². The van der Waals surface area contributed by atoms with Crippen LogP contribution in [0.3, 0.4) is 0 Å². The molecule has 0 aliphatic rings. The molecule has 6 nitrogen and oxygen atoms in total. The van der Waals surface area contributed by atoms with Crippen molar-refractivity contribution in [3.63, 3.8) is 0 Å². The SMILES string of the molecule is C=CC(=O)OCCN(CCOC(C(F)(F)F)(C(F)(F)F)C(F)(F)F)C(=O)OC(C)(C)C. The fourth-order valence-electron chi connectivity index (χ4n) is 1.97. The standard InChI is InChI=1S/C16H20F9NO5/c1-5-10(27)29-8-6-26(11(28)31-12(2,3)4)7-9-30-13(14(17,18)19,15(20,21)22)16(23,24)25/h5H,1,6-9H2,2-4H3. The van der Waals surface area contributed by atoms with Crippen LogP contribution in [0.15, 0.2) is 12.7 Å². The highest BCUT2D eigenvalue weighted by atomic mass is 19.4. The number of nitrogens with zero attached hydrogens (tertiary/aromatic N) is 1. The lowest BCUT2D eigenvalue weighted by Gasteiger charge is -2.38. The molecule has 0 aromatic rings. The third kappa shape index (κ3) is 7.78. The molecule has 31 heavy (non-hydrogen) atoms. The van der Waals surface area contributed by atoms with E-state index in [2.05, 4.69) is 16.1 Å². The Morgan fingerprint density at radius 1 is 0.839 bits per heavy atom. The predicted molar refractivity (Wildman–Crippen MR) is 85.8 cm³/mol. The van der Waals surface area contributed by atoms with E-state index in [1.165, 1.54) is 20.8 Å². The summed E-state index contributed by atoms with van der Waals surface area (Å²) in [6.07, 6.45) is -21.3. The summed E-state index contributed by atoms with van der Waals surface area (Å²) in [5, 5.41) is 0. The zero-order valence-corrected chi connectivity index (χ0v) is 16.5. The van der Waals surface area contributed by atoms with E-state index in [1.807, 2.05) is 0 Å². The van der Waals surface area contributed by atoms with Crippen molar-refractivity contribution >= 4 is 12.1 Å². The first-order chi connectivity index (χ1) is 13.7. The van der Waals surface area contributed by atoms with Crippen LogP contribution in [0.25, 0.3) is 0 Å². The number of alkyl halides is 9. The minimum Gasteiger partial charge on any atom is -0.461 e. The van der Waals surface area contributed by atoms with Crippen LogP contribution in [0.5, 0.6) is 0 Å². The second kappa shape index (κ2) is 9.96. The molecule has 0 unspecified atom stereocenters. The zero-order chi connectivity index (χ0) is 24.9. The van der Waals surface area contributed by atoms with Crippen LogP contribution in [0.2, 0.25) is 0 Å². The van der Waals surface area contributed by atoms with Crippen molar-refractivity contribution in [1.29, 1.82) is 0 Å². The molecule has 0 rings (SSSR count). The van der Waals surface area contributed by atoms with Gasteiger partial charge in [0.15, 0.2) is 0 Å². The third-order valence-electron chi connectivity index (χ3n) is 3.30. The summed E-state index contributed by atoms with van der Waals surface area (Å²) in [6.45, 7) is 2.95. The molecule has 0 saturated heterocycles. The molecule has 15 heteroatoms. The largest absolute Gasteiger partial charge is 0.461 e. The molecule has 0 heterocycles. The molecule has 0 N–H and O–H groups in total. The maximum atomic E-state index is 12.9. The van der Waals surface area contributed by atoms with Gasteiger partial charge in [0.1, 0.15) is 12.2 Å². The Morgan fingerprint density at radius 3 is 1.61 bits per heavy atom. The minimum atomic E-state index is -6.90. The van der Waals surface area contributed by atoms with E-state index in [1.54, 1.807) is 0 Å². The normalized spacial score (nSPS) is 13.5. The topological polar surface area (TPSA) is 65.1 Å². The van der Waals surface area contributed by atoms with Crippen LogP contribution < -0.4 is 0 Å². The van der Waals surface area contributed by atoms with Gasteiger partial charge >= 0.3 is 36.2 Å². The highest BCUT2D eigenvalue weighted by Crippen LogP contribution is 2.54. The Hall–Kier alpha value is -2.19. The lowest BCUT2D eigenvalue weighted by Crippen LogP contribution is -2.68. The fraction of sp³-hybridized carbons (Fsp3) is 0.750. The quantitative estimate of drug-likeness (QED) is 0.295. The summed E-state index contributed by atoms with van der Waals surface area (Å²) >= 11 is 0. The molecule has 0 aliphatic heterocycles. The molecular weight excluding hydrogens is 457 g/mol. The van der Waals surface area contributed by atoms with Gasteiger partial charge in [-0.3, -0.25) is 0 Å². The van der Waals surface area contributed by atoms with Crippen LogP contribution in [0.4, 0.5) is 44.3 Å². The minimum absolute atomic E-state index is 0.426. The van der Waals surface area contributed by atoms with Crippen LogP contribution in [0.1, 0.15) is 20.8 Å². The van der Waals surface area contributed by atoms with Crippen LogP contribution in [-0.4, -0.2) is 73.0 Å². The molecule has 0 radical (unpaired) electrons. The Kier molecular flexibility index (Phi) is 9.25. The molecule has 0 saturated carbocycles. The first-order valence-electron chi connectivity index (χ1n) is 8.31. The Balaban J connectivity index is 5.62. The number of amides is 1. The van der Waals surface area contributed by atoms with Crippen LogP contribution >= 0.6 is 0 Å². The molecule has 0 bridgehead atoms. The van der Waals surface area contributed by atoms with Gasteiger partial charge in [-0.2, -0.15) is 39.5 Å². The summed E-state index contributed by atoms with van der Waals surface area (Å²) in [4.78, 5) is 23.5. The van der Waals surface area contributed by atoms with Crippen molar-refractivity contribution < 1.29 is 63.3 Å². The van der Waals surface area contributed by atoms with Crippen molar-refractivity contribution in [1.82, 2.24) is 4.90 Å². The summed E-state index contributed by atoms with van der Waals surface area (Å²) in [7, 11) is 0. The van der Waals surface area contributed by atoms with E-state index >= 15 is 0 Å². The van der Waals surface area contributed by atoms with E-state index in [9.17, 15) is 49.1 Å².